The maximum absolute atomic E-state index is 12.3. The van der Waals surface area contributed by atoms with Crippen molar-refractivity contribution < 1.29 is 9.53 Å². The summed E-state index contributed by atoms with van der Waals surface area (Å²) < 4.78 is 9.90. The van der Waals surface area contributed by atoms with Crippen LogP contribution < -0.4 is 5.56 Å². The van der Waals surface area contributed by atoms with Gasteiger partial charge in [-0.3, -0.25) is 9.48 Å². The van der Waals surface area contributed by atoms with E-state index < -0.39 is 5.97 Å². The van der Waals surface area contributed by atoms with E-state index in [1.165, 1.54) is 11.7 Å². The number of hydrogen-bond donors (Lipinski definition) is 0. The lowest BCUT2D eigenvalue weighted by atomic mass is 10.1. The summed E-state index contributed by atoms with van der Waals surface area (Å²) in [6.07, 6.45) is 8.88. The van der Waals surface area contributed by atoms with Crippen molar-refractivity contribution >= 4 is 5.97 Å². The summed E-state index contributed by atoms with van der Waals surface area (Å²) in [6, 6.07) is 13.3. The molecule has 0 N–H and O–H groups in total. The number of esters is 1. The molecule has 4 aromatic rings. The molecule has 7 nitrogen and oxygen atoms in total. The number of benzene rings is 1. The molecule has 0 aliphatic carbocycles. The van der Waals surface area contributed by atoms with Crippen molar-refractivity contribution in [3.05, 3.63) is 94.9 Å². The van der Waals surface area contributed by atoms with Crippen LogP contribution in [-0.2, 0) is 18.3 Å². The molecule has 7 heteroatoms. The predicted octanol–water partition coefficient (Wildman–Crippen LogP) is 2.87. The number of pyridine rings is 1. The standard InChI is InChI=1S/C22H20N4O3/c1-24-15-19(18-11-23-26(14-18)12-16-6-4-3-5-7-16)20(10-21(24)27)25-9-8-17(13-25)22(28)29-2/h3-11,13-15H,12H2,1-2H3. The van der Waals surface area contributed by atoms with Crippen LogP contribution in [0.4, 0.5) is 0 Å². The Morgan fingerprint density at radius 1 is 1.10 bits per heavy atom. The van der Waals surface area contributed by atoms with Gasteiger partial charge in [0.05, 0.1) is 31.1 Å². The van der Waals surface area contributed by atoms with Crippen LogP contribution in [0, 0.1) is 0 Å². The summed E-state index contributed by atoms with van der Waals surface area (Å²) >= 11 is 0. The normalized spacial score (nSPS) is 10.8. The average Bonchev–Trinajstić information content (AvgIpc) is 3.40. The Bertz CT molecular complexity index is 1220. The van der Waals surface area contributed by atoms with E-state index in [-0.39, 0.29) is 5.56 Å². The molecule has 0 aliphatic heterocycles. The van der Waals surface area contributed by atoms with Crippen molar-refractivity contribution in [2.45, 2.75) is 6.54 Å². The number of rotatable bonds is 5. The average molecular weight is 388 g/mol. The van der Waals surface area contributed by atoms with Crippen molar-refractivity contribution in [1.29, 1.82) is 0 Å². The summed E-state index contributed by atoms with van der Waals surface area (Å²) in [5.74, 6) is -0.426. The van der Waals surface area contributed by atoms with Gasteiger partial charge in [0.1, 0.15) is 0 Å². The summed E-state index contributed by atoms with van der Waals surface area (Å²) in [7, 11) is 3.05. The molecule has 0 amide bonds. The third kappa shape index (κ3) is 3.75. The fraction of sp³-hybridized carbons (Fsp3) is 0.136. The van der Waals surface area contributed by atoms with Crippen LogP contribution in [0.15, 0.2) is 78.2 Å². The zero-order valence-electron chi connectivity index (χ0n) is 16.1. The van der Waals surface area contributed by atoms with E-state index in [0.29, 0.717) is 17.8 Å². The molecule has 3 heterocycles. The van der Waals surface area contributed by atoms with Gasteiger partial charge < -0.3 is 13.9 Å². The van der Waals surface area contributed by atoms with Crippen LogP contribution in [0.25, 0.3) is 16.8 Å². The first-order valence-electron chi connectivity index (χ1n) is 9.09. The van der Waals surface area contributed by atoms with Crippen LogP contribution in [-0.4, -0.2) is 32.0 Å². The van der Waals surface area contributed by atoms with Gasteiger partial charge in [-0.2, -0.15) is 5.10 Å². The number of carbonyl (C=O) groups is 1. The van der Waals surface area contributed by atoms with E-state index in [1.807, 2.05) is 41.2 Å². The minimum Gasteiger partial charge on any atom is -0.465 e. The van der Waals surface area contributed by atoms with E-state index in [0.717, 1.165) is 16.7 Å². The largest absolute Gasteiger partial charge is 0.465 e. The second-order valence-electron chi connectivity index (χ2n) is 6.73. The van der Waals surface area contributed by atoms with Gasteiger partial charge >= 0.3 is 5.97 Å². The number of ether oxygens (including phenoxy) is 1. The molecule has 0 fully saturated rings. The molecule has 0 saturated carbocycles. The summed E-state index contributed by atoms with van der Waals surface area (Å²) in [6.45, 7) is 0.651. The molecule has 146 valence electrons. The number of carbonyl (C=O) groups excluding carboxylic acids is 1. The van der Waals surface area contributed by atoms with E-state index >= 15 is 0 Å². The quantitative estimate of drug-likeness (QED) is 0.493. The lowest BCUT2D eigenvalue weighted by Crippen LogP contribution is -2.17. The number of aryl methyl sites for hydroxylation is 1. The zero-order chi connectivity index (χ0) is 20.4. The molecular weight excluding hydrogens is 368 g/mol. The highest BCUT2D eigenvalue weighted by Gasteiger charge is 2.14. The lowest BCUT2D eigenvalue weighted by molar-refractivity contribution is 0.0601. The molecule has 0 aliphatic rings. The van der Waals surface area contributed by atoms with Gasteiger partial charge in [-0.05, 0) is 11.6 Å². The van der Waals surface area contributed by atoms with Crippen molar-refractivity contribution in [3.8, 4) is 16.8 Å². The summed E-state index contributed by atoms with van der Waals surface area (Å²) in [5.41, 5.74) is 3.80. The molecule has 0 saturated heterocycles. The van der Waals surface area contributed by atoms with Crippen molar-refractivity contribution in [3.63, 3.8) is 0 Å². The molecule has 4 rings (SSSR count). The molecule has 0 spiro atoms. The van der Waals surface area contributed by atoms with E-state index in [1.54, 1.807) is 48.5 Å². The minimum atomic E-state index is -0.426. The Kier molecular flexibility index (Phi) is 4.87. The Morgan fingerprint density at radius 3 is 2.66 bits per heavy atom. The Hall–Kier alpha value is -3.87. The van der Waals surface area contributed by atoms with Gasteiger partial charge in [0.15, 0.2) is 0 Å². The van der Waals surface area contributed by atoms with E-state index in [4.69, 9.17) is 4.74 Å². The Balaban J connectivity index is 1.74. The van der Waals surface area contributed by atoms with E-state index in [2.05, 4.69) is 5.10 Å². The fourth-order valence-corrected chi connectivity index (χ4v) is 3.20. The lowest BCUT2D eigenvalue weighted by Gasteiger charge is -2.11. The zero-order valence-corrected chi connectivity index (χ0v) is 16.1. The van der Waals surface area contributed by atoms with Gasteiger partial charge in [-0.25, -0.2) is 4.79 Å². The molecule has 0 atom stereocenters. The highest BCUT2D eigenvalue weighted by molar-refractivity contribution is 5.89. The van der Waals surface area contributed by atoms with Gasteiger partial charge in [0, 0.05) is 49.0 Å². The minimum absolute atomic E-state index is 0.145. The van der Waals surface area contributed by atoms with Crippen LogP contribution >= 0.6 is 0 Å². The third-order valence-corrected chi connectivity index (χ3v) is 4.73. The molecule has 3 aromatic heterocycles. The number of hydrogen-bond acceptors (Lipinski definition) is 4. The van der Waals surface area contributed by atoms with Crippen molar-refractivity contribution in [2.75, 3.05) is 7.11 Å². The SMILES string of the molecule is COC(=O)c1ccn(-c2cc(=O)n(C)cc2-c2cnn(Cc3ccccc3)c2)c1. The summed E-state index contributed by atoms with van der Waals surface area (Å²) in [4.78, 5) is 24.1. The highest BCUT2D eigenvalue weighted by atomic mass is 16.5. The molecule has 29 heavy (non-hydrogen) atoms. The maximum Gasteiger partial charge on any atom is 0.339 e. The van der Waals surface area contributed by atoms with Gasteiger partial charge in [-0.15, -0.1) is 0 Å². The van der Waals surface area contributed by atoms with Crippen LogP contribution in [0.5, 0.6) is 0 Å². The Labute approximate surface area is 167 Å². The number of nitrogens with zero attached hydrogens (tertiary/aromatic N) is 4. The second kappa shape index (κ2) is 7.63. The van der Waals surface area contributed by atoms with Crippen molar-refractivity contribution in [2.24, 2.45) is 7.05 Å². The fourth-order valence-electron chi connectivity index (χ4n) is 3.20. The first kappa shape index (κ1) is 18.5. The maximum atomic E-state index is 12.3. The van der Waals surface area contributed by atoms with Crippen LogP contribution in [0.1, 0.15) is 15.9 Å². The van der Waals surface area contributed by atoms with E-state index in [9.17, 15) is 9.59 Å². The molecule has 0 unspecified atom stereocenters. The van der Waals surface area contributed by atoms with Gasteiger partial charge in [-0.1, -0.05) is 30.3 Å². The third-order valence-electron chi connectivity index (χ3n) is 4.73. The Morgan fingerprint density at radius 2 is 1.90 bits per heavy atom. The first-order chi connectivity index (χ1) is 14.0. The van der Waals surface area contributed by atoms with Crippen molar-refractivity contribution in [1.82, 2.24) is 18.9 Å². The molecular formula is C22H20N4O3. The monoisotopic (exact) mass is 388 g/mol. The molecule has 0 bridgehead atoms. The smallest absolute Gasteiger partial charge is 0.339 e. The van der Waals surface area contributed by atoms with Gasteiger partial charge in [0.2, 0.25) is 0 Å². The predicted molar refractivity (Wildman–Crippen MR) is 109 cm³/mol. The highest BCUT2D eigenvalue weighted by Crippen LogP contribution is 2.26. The molecule has 0 radical (unpaired) electrons. The summed E-state index contributed by atoms with van der Waals surface area (Å²) in [5, 5.41) is 4.47. The second-order valence-corrected chi connectivity index (χ2v) is 6.73. The van der Waals surface area contributed by atoms with Crippen LogP contribution in [0.3, 0.4) is 0 Å². The molecule has 1 aromatic carbocycles. The number of methoxy groups -OCH3 is 1. The topological polar surface area (TPSA) is 71.1 Å². The first-order valence-corrected chi connectivity index (χ1v) is 9.09. The van der Waals surface area contributed by atoms with Gasteiger partial charge in [0.25, 0.3) is 5.56 Å². The number of aromatic nitrogens is 4. The van der Waals surface area contributed by atoms with Crippen LogP contribution in [0.2, 0.25) is 0 Å².